The first kappa shape index (κ1) is 16.4. The zero-order valence-corrected chi connectivity index (χ0v) is 11.1. The van der Waals surface area contributed by atoms with Crippen molar-refractivity contribution in [1.82, 2.24) is 0 Å². The normalized spacial score (nSPS) is 11.3. The summed E-state index contributed by atoms with van der Waals surface area (Å²) in [7, 11) is 0. The van der Waals surface area contributed by atoms with E-state index < -0.39 is 18.0 Å². The molecule has 2 rings (SSSR count). The van der Waals surface area contributed by atoms with Gasteiger partial charge in [0.2, 0.25) is 0 Å². The van der Waals surface area contributed by atoms with Crippen LogP contribution in [0.4, 0.5) is 0 Å². The minimum Gasteiger partial charge on any atom is -0.481 e. The van der Waals surface area contributed by atoms with Crippen molar-refractivity contribution in [3.05, 3.63) is 46.8 Å². The molecule has 0 radical (unpaired) electrons. The van der Waals surface area contributed by atoms with Crippen LogP contribution in [0.3, 0.4) is 0 Å². The minimum absolute atomic E-state index is 0.00634. The fourth-order valence-electron chi connectivity index (χ4n) is 1.43. The van der Waals surface area contributed by atoms with Crippen LogP contribution in [0.15, 0.2) is 45.8 Å². The highest BCUT2D eigenvalue weighted by atomic mass is 16.4. The molecule has 0 bridgehead atoms. The molecule has 0 aliphatic rings. The maximum Gasteiger partial charge on any atom is 0.320 e. The molecular formula is C14H15NO6. The van der Waals surface area contributed by atoms with Crippen molar-refractivity contribution in [3.8, 4) is 0 Å². The van der Waals surface area contributed by atoms with E-state index in [4.69, 9.17) is 20.4 Å². The third-order valence-electron chi connectivity index (χ3n) is 2.55. The summed E-state index contributed by atoms with van der Waals surface area (Å²) in [6.07, 6.45) is 1.18. The van der Waals surface area contributed by atoms with E-state index in [2.05, 4.69) is 0 Å². The molecule has 7 heteroatoms. The van der Waals surface area contributed by atoms with Crippen LogP contribution in [0.5, 0.6) is 0 Å². The van der Waals surface area contributed by atoms with Crippen molar-refractivity contribution < 1.29 is 24.2 Å². The molecule has 1 aromatic carbocycles. The smallest absolute Gasteiger partial charge is 0.320 e. The Bertz CT molecular complexity index is 673. The second kappa shape index (κ2) is 7.81. The lowest BCUT2D eigenvalue weighted by Gasteiger charge is -2.01. The van der Waals surface area contributed by atoms with Crippen LogP contribution < -0.4 is 11.2 Å². The van der Waals surface area contributed by atoms with Gasteiger partial charge in [0, 0.05) is 12.5 Å². The summed E-state index contributed by atoms with van der Waals surface area (Å²) < 4.78 is 5.09. The Kier molecular flexibility index (Phi) is 6.09. The van der Waals surface area contributed by atoms with Crippen LogP contribution in [0.2, 0.25) is 0 Å². The van der Waals surface area contributed by atoms with Gasteiger partial charge in [-0.1, -0.05) is 12.1 Å². The number of para-hydroxylation sites is 1. The Hall–Kier alpha value is -2.67. The molecule has 0 saturated heterocycles. The van der Waals surface area contributed by atoms with Gasteiger partial charge in [-0.25, -0.2) is 0 Å². The zero-order valence-electron chi connectivity index (χ0n) is 11.1. The Balaban J connectivity index is 0.000000212. The molecule has 0 spiro atoms. The number of aliphatic carboxylic acids is 2. The van der Waals surface area contributed by atoms with Gasteiger partial charge in [0.1, 0.15) is 11.6 Å². The standard InChI is InChI=1S/C9H6O2.C5H9NO4/c10-8-5-6-11-9-4-2-1-3-7(8)9;6-3(5(9)10)1-2-4(7)8/h1-6H;3H,1-2,6H2,(H,7,8)(H,9,10)/t;3-/m.0/s1. The van der Waals surface area contributed by atoms with Gasteiger partial charge >= 0.3 is 11.9 Å². The van der Waals surface area contributed by atoms with Crippen molar-refractivity contribution in [2.24, 2.45) is 5.73 Å². The summed E-state index contributed by atoms with van der Waals surface area (Å²) in [5, 5.41) is 16.9. The van der Waals surface area contributed by atoms with Crippen LogP contribution >= 0.6 is 0 Å². The van der Waals surface area contributed by atoms with E-state index in [9.17, 15) is 14.4 Å². The Morgan fingerprint density at radius 2 is 1.86 bits per heavy atom. The molecule has 2 aromatic rings. The first-order valence-corrected chi connectivity index (χ1v) is 6.08. The largest absolute Gasteiger partial charge is 0.481 e. The van der Waals surface area contributed by atoms with Gasteiger partial charge in [-0.3, -0.25) is 14.4 Å². The number of rotatable bonds is 4. The molecule has 1 aromatic heterocycles. The molecule has 0 aliphatic heterocycles. The maximum absolute atomic E-state index is 11.1. The number of hydrogen-bond acceptors (Lipinski definition) is 5. The number of carbonyl (C=O) groups is 2. The van der Waals surface area contributed by atoms with Crippen molar-refractivity contribution in [3.63, 3.8) is 0 Å². The van der Waals surface area contributed by atoms with Gasteiger partial charge in [0.15, 0.2) is 5.43 Å². The van der Waals surface area contributed by atoms with Crippen molar-refractivity contribution in [2.75, 3.05) is 0 Å². The average Bonchev–Trinajstić information content (AvgIpc) is 2.46. The highest BCUT2D eigenvalue weighted by molar-refractivity contribution is 5.75. The molecule has 1 heterocycles. The minimum atomic E-state index is -1.17. The number of carboxylic acid groups (broad SMARTS) is 2. The Morgan fingerprint density at radius 3 is 2.43 bits per heavy atom. The summed E-state index contributed by atoms with van der Waals surface area (Å²) in [4.78, 5) is 31.0. The summed E-state index contributed by atoms with van der Waals surface area (Å²) >= 11 is 0. The second-order valence-corrected chi connectivity index (χ2v) is 4.16. The summed E-state index contributed by atoms with van der Waals surface area (Å²) in [5.74, 6) is -2.20. The van der Waals surface area contributed by atoms with Crippen LogP contribution in [0.1, 0.15) is 12.8 Å². The molecule has 0 amide bonds. The third-order valence-corrected chi connectivity index (χ3v) is 2.55. The van der Waals surface area contributed by atoms with E-state index in [1.54, 1.807) is 12.1 Å². The van der Waals surface area contributed by atoms with Gasteiger partial charge in [-0.2, -0.15) is 0 Å². The molecule has 0 aliphatic carbocycles. The van der Waals surface area contributed by atoms with Crippen LogP contribution in [0, 0.1) is 0 Å². The summed E-state index contributed by atoms with van der Waals surface area (Å²) in [6, 6.07) is 7.54. The van der Waals surface area contributed by atoms with Gasteiger partial charge in [0.05, 0.1) is 11.6 Å². The lowest BCUT2D eigenvalue weighted by molar-refractivity contribution is -0.139. The molecule has 112 valence electrons. The summed E-state index contributed by atoms with van der Waals surface area (Å²) in [5.41, 5.74) is 5.65. The van der Waals surface area contributed by atoms with Crippen molar-refractivity contribution in [2.45, 2.75) is 18.9 Å². The maximum atomic E-state index is 11.1. The third kappa shape index (κ3) is 5.45. The highest BCUT2D eigenvalue weighted by Gasteiger charge is 2.12. The fourth-order valence-corrected chi connectivity index (χ4v) is 1.43. The first-order chi connectivity index (χ1) is 9.91. The zero-order chi connectivity index (χ0) is 15.8. The van der Waals surface area contributed by atoms with E-state index in [1.165, 1.54) is 12.3 Å². The van der Waals surface area contributed by atoms with Gasteiger partial charge < -0.3 is 20.4 Å². The quantitative estimate of drug-likeness (QED) is 0.767. The molecule has 0 fully saturated rings. The average molecular weight is 293 g/mol. The Labute approximate surface area is 119 Å². The van der Waals surface area contributed by atoms with E-state index in [0.29, 0.717) is 11.0 Å². The highest BCUT2D eigenvalue weighted by Crippen LogP contribution is 2.06. The topological polar surface area (TPSA) is 131 Å². The molecule has 0 saturated carbocycles. The van der Waals surface area contributed by atoms with Gasteiger partial charge in [0.25, 0.3) is 0 Å². The molecule has 21 heavy (non-hydrogen) atoms. The lowest BCUT2D eigenvalue weighted by Crippen LogP contribution is -2.30. The summed E-state index contributed by atoms with van der Waals surface area (Å²) in [6.45, 7) is 0. The van der Waals surface area contributed by atoms with Gasteiger partial charge in [-0.15, -0.1) is 0 Å². The molecule has 4 N–H and O–H groups in total. The fraction of sp³-hybridized carbons (Fsp3) is 0.214. The van der Waals surface area contributed by atoms with Crippen LogP contribution in [-0.4, -0.2) is 28.2 Å². The van der Waals surface area contributed by atoms with E-state index >= 15 is 0 Å². The van der Waals surface area contributed by atoms with Gasteiger partial charge in [-0.05, 0) is 18.6 Å². The molecule has 7 nitrogen and oxygen atoms in total. The van der Waals surface area contributed by atoms with E-state index in [-0.39, 0.29) is 18.3 Å². The molecular weight excluding hydrogens is 278 g/mol. The number of carboxylic acids is 2. The number of hydrogen-bond donors (Lipinski definition) is 3. The number of benzene rings is 1. The first-order valence-electron chi connectivity index (χ1n) is 6.08. The van der Waals surface area contributed by atoms with Crippen molar-refractivity contribution >= 4 is 22.9 Å². The number of nitrogens with two attached hydrogens (primary N) is 1. The predicted octanol–water partition coefficient (Wildman–Crippen LogP) is 1.06. The molecule has 0 unspecified atom stereocenters. The van der Waals surface area contributed by atoms with Crippen molar-refractivity contribution in [1.29, 1.82) is 0 Å². The second-order valence-electron chi connectivity index (χ2n) is 4.16. The SMILES string of the molecule is N[C@@H](CCC(=O)O)C(=O)O.O=c1ccoc2ccccc12. The van der Waals surface area contributed by atoms with E-state index in [0.717, 1.165) is 0 Å². The number of fused-ring (bicyclic) bond motifs is 1. The van der Waals surface area contributed by atoms with Crippen LogP contribution in [0.25, 0.3) is 11.0 Å². The van der Waals surface area contributed by atoms with Crippen LogP contribution in [-0.2, 0) is 9.59 Å². The molecule has 1 atom stereocenters. The lowest BCUT2D eigenvalue weighted by atomic mass is 10.2. The predicted molar refractivity (Wildman–Crippen MR) is 75.0 cm³/mol. The van der Waals surface area contributed by atoms with E-state index in [1.807, 2.05) is 12.1 Å². The Morgan fingerprint density at radius 1 is 1.19 bits per heavy atom. The monoisotopic (exact) mass is 293 g/mol.